The SMILES string of the molecule is CNc1c(NC)c2ccc(O)c(NC)c2oc1=O. The van der Waals surface area contributed by atoms with Crippen LogP contribution in [0.25, 0.3) is 11.0 Å². The average molecular weight is 249 g/mol. The molecular formula is C12H15N3O3. The molecule has 0 amide bonds. The molecule has 0 atom stereocenters. The van der Waals surface area contributed by atoms with E-state index >= 15 is 0 Å². The van der Waals surface area contributed by atoms with Crippen molar-refractivity contribution in [2.24, 2.45) is 0 Å². The zero-order valence-corrected chi connectivity index (χ0v) is 10.4. The molecule has 0 radical (unpaired) electrons. The minimum absolute atomic E-state index is 0.0346. The lowest BCUT2D eigenvalue weighted by atomic mass is 10.1. The average Bonchev–Trinajstić information content (AvgIpc) is 2.37. The van der Waals surface area contributed by atoms with Gasteiger partial charge in [-0.3, -0.25) is 0 Å². The molecular weight excluding hydrogens is 234 g/mol. The largest absolute Gasteiger partial charge is 0.506 e. The molecule has 0 fully saturated rings. The highest BCUT2D eigenvalue weighted by atomic mass is 16.4. The van der Waals surface area contributed by atoms with Crippen LogP contribution in [0, 0.1) is 0 Å². The highest BCUT2D eigenvalue weighted by Gasteiger charge is 2.16. The lowest BCUT2D eigenvalue weighted by Crippen LogP contribution is -2.11. The Morgan fingerprint density at radius 2 is 1.61 bits per heavy atom. The van der Waals surface area contributed by atoms with Crippen molar-refractivity contribution in [2.45, 2.75) is 0 Å². The number of nitrogens with one attached hydrogen (secondary N) is 3. The van der Waals surface area contributed by atoms with E-state index in [9.17, 15) is 9.90 Å². The molecule has 0 unspecified atom stereocenters. The number of phenols is 1. The van der Waals surface area contributed by atoms with Gasteiger partial charge in [0.2, 0.25) is 0 Å². The lowest BCUT2D eigenvalue weighted by Gasteiger charge is -2.13. The van der Waals surface area contributed by atoms with Gasteiger partial charge in [-0.15, -0.1) is 0 Å². The summed E-state index contributed by atoms with van der Waals surface area (Å²) in [7, 11) is 5.03. The third kappa shape index (κ3) is 1.62. The zero-order chi connectivity index (χ0) is 13.3. The van der Waals surface area contributed by atoms with Crippen LogP contribution in [0.1, 0.15) is 0 Å². The van der Waals surface area contributed by atoms with Crippen LogP contribution < -0.4 is 21.6 Å². The molecule has 0 spiro atoms. The molecule has 0 aliphatic rings. The second kappa shape index (κ2) is 4.48. The van der Waals surface area contributed by atoms with Crippen LogP contribution in [-0.2, 0) is 0 Å². The Bertz CT molecular complexity index is 649. The van der Waals surface area contributed by atoms with Crippen LogP contribution >= 0.6 is 0 Å². The van der Waals surface area contributed by atoms with Gasteiger partial charge >= 0.3 is 5.63 Å². The van der Waals surface area contributed by atoms with E-state index in [1.807, 2.05) is 0 Å². The van der Waals surface area contributed by atoms with Crippen LogP contribution in [0.4, 0.5) is 17.1 Å². The predicted molar refractivity (Wildman–Crippen MR) is 72.8 cm³/mol. The van der Waals surface area contributed by atoms with Crippen molar-refractivity contribution in [2.75, 3.05) is 37.1 Å². The molecule has 1 aromatic heterocycles. The molecule has 1 heterocycles. The molecule has 0 bridgehead atoms. The van der Waals surface area contributed by atoms with Crippen molar-refractivity contribution < 1.29 is 9.52 Å². The number of hydrogen-bond acceptors (Lipinski definition) is 6. The van der Waals surface area contributed by atoms with E-state index in [2.05, 4.69) is 16.0 Å². The van der Waals surface area contributed by atoms with Gasteiger partial charge in [-0.05, 0) is 12.1 Å². The summed E-state index contributed by atoms with van der Waals surface area (Å²) >= 11 is 0. The monoisotopic (exact) mass is 249 g/mol. The zero-order valence-electron chi connectivity index (χ0n) is 10.4. The Kier molecular flexibility index (Phi) is 3.01. The highest BCUT2D eigenvalue weighted by Crippen LogP contribution is 2.36. The second-order valence-electron chi connectivity index (χ2n) is 3.73. The van der Waals surface area contributed by atoms with E-state index in [-0.39, 0.29) is 5.75 Å². The maximum absolute atomic E-state index is 11.8. The predicted octanol–water partition coefficient (Wildman–Crippen LogP) is 1.62. The van der Waals surface area contributed by atoms with Crippen LogP contribution in [0.2, 0.25) is 0 Å². The second-order valence-corrected chi connectivity index (χ2v) is 3.73. The van der Waals surface area contributed by atoms with Crippen molar-refractivity contribution in [3.05, 3.63) is 22.6 Å². The molecule has 18 heavy (non-hydrogen) atoms. The molecule has 0 saturated carbocycles. The highest BCUT2D eigenvalue weighted by molar-refractivity contribution is 6.03. The van der Waals surface area contributed by atoms with E-state index in [0.717, 1.165) is 0 Å². The summed E-state index contributed by atoms with van der Waals surface area (Å²) in [6.45, 7) is 0. The number of fused-ring (bicyclic) bond motifs is 1. The van der Waals surface area contributed by atoms with Crippen molar-refractivity contribution >= 4 is 28.0 Å². The summed E-state index contributed by atoms with van der Waals surface area (Å²) in [4.78, 5) is 11.8. The first-order valence-electron chi connectivity index (χ1n) is 5.50. The Balaban J connectivity index is 2.96. The molecule has 2 aromatic rings. The first kappa shape index (κ1) is 12.1. The van der Waals surface area contributed by atoms with Crippen LogP contribution in [-0.4, -0.2) is 26.2 Å². The van der Waals surface area contributed by atoms with Gasteiger partial charge in [-0.2, -0.15) is 0 Å². The molecule has 2 rings (SSSR count). The molecule has 0 saturated heterocycles. The quantitative estimate of drug-likeness (QED) is 0.488. The third-order valence-electron chi connectivity index (χ3n) is 2.80. The van der Waals surface area contributed by atoms with Crippen LogP contribution in [0.5, 0.6) is 5.75 Å². The molecule has 6 heteroatoms. The van der Waals surface area contributed by atoms with E-state index in [1.54, 1.807) is 33.3 Å². The number of anilines is 3. The Morgan fingerprint density at radius 1 is 1.00 bits per heavy atom. The van der Waals surface area contributed by atoms with Gasteiger partial charge in [0.05, 0.1) is 5.69 Å². The third-order valence-corrected chi connectivity index (χ3v) is 2.80. The summed E-state index contributed by atoms with van der Waals surface area (Å²) in [6.07, 6.45) is 0. The van der Waals surface area contributed by atoms with E-state index < -0.39 is 5.63 Å². The van der Waals surface area contributed by atoms with E-state index in [4.69, 9.17) is 4.42 Å². The Hall–Kier alpha value is -2.37. The van der Waals surface area contributed by atoms with Gasteiger partial charge in [0.25, 0.3) is 0 Å². The fraction of sp³-hybridized carbons (Fsp3) is 0.250. The number of aromatic hydroxyl groups is 1. The molecule has 6 nitrogen and oxygen atoms in total. The molecule has 0 aliphatic heterocycles. The molecule has 1 aromatic carbocycles. The topological polar surface area (TPSA) is 86.5 Å². The molecule has 4 N–H and O–H groups in total. The standard InChI is InChI=1S/C12H15N3O3/c1-13-8-6-4-5-7(16)9(14-2)11(6)18-12(17)10(8)15-3/h4-5,13-16H,1-3H3. The van der Waals surface area contributed by atoms with Gasteiger partial charge in [-0.1, -0.05) is 0 Å². The minimum atomic E-state index is -0.489. The van der Waals surface area contributed by atoms with Crippen molar-refractivity contribution in [3.63, 3.8) is 0 Å². The van der Waals surface area contributed by atoms with Crippen LogP contribution in [0.3, 0.4) is 0 Å². The fourth-order valence-electron chi connectivity index (χ4n) is 1.98. The number of phenolic OH excluding ortho intramolecular Hbond substituents is 1. The summed E-state index contributed by atoms with van der Waals surface area (Å²) in [5, 5.41) is 19.0. The smallest absolute Gasteiger partial charge is 0.362 e. The normalized spacial score (nSPS) is 10.4. The van der Waals surface area contributed by atoms with Gasteiger partial charge < -0.3 is 25.5 Å². The van der Waals surface area contributed by atoms with Crippen molar-refractivity contribution in [1.82, 2.24) is 0 Å². The summed E-state index contributed by atoms with van der Waals surface area (Å²) in [5.74, 6) is 0.0346. The fourth-order valence-corrected chi connectivity index (χ4v) is 1.98. The van der Waals surface area contributed by atoms with Crippen LogP contribution in [0.15, 0.2) is 21.3 Å². The van der Waals surface area contributed by atoms with E-state index in [0.29, 0.717) is 28.0 Å². The van der Waals surface area contributed by atoms with E-state index in [1.165, 1.54) is 0 Å². The number of benzene rings is 1. The Labute approximate surface area is 104 Å². The van der Waals surface area contributed by atoms with Gasteiger partial charge in [-0.25, -0.2) is 4.79 Å². The minimum Gasteiger partial charge on any atom is -0.506 e. The van der Waals surface area contributed by atoms with Gasteiger partial charge in [0, 0.05) is 26.5 Å². The summed E-state index contributed by atoms with van der Waals surface area (Å²) in [5.41, 5.74) is 1.23. The number of hydrogen-bond donors (Lipinski definition) is 4. The maximum Gasteiger partial charge on any atom is 0.362 e. The van der Waals surface area contributed by atoms with Crippen molar-refractivity contribution in [1.29, 1.82) is 0 Å². The first-order valence-corrected chi connectivity index (χ1v) is 5.50. The molecule has 96 valence electrons. The van der Waals surface area contributed by atoms with Gasteiger partial charge in [0.15, 0.2) is 5.58 Å². The lowest BCUT2D eigenvalue weighted by molar-refractivity contribution is 0.475. The first-order chi connectivity index (χ1) is 8.63. The summed E-state index contributed by atoms with van der Waals surface area (Å²) in [6, 6.07) is 3.25. The molecule has 0 aliphatic carbocycles. The summed E-state index contributed by atoms with van der Waals surface area (Å²) < 4.78 is 5.25. The Morgan fingerprint density at radius 3 is 2.17 bits per heavy atom. The number of rotatable bonds is 3. The van der Waals surface area contributed by atoms with Gasteiger partial charge in [0.1, 0.15) is 17.1 Å². The maximum atomic E-state index is 11.8. The van der Waals surface area contributed by atoms with Crippen molar-refractivity contribution in [3.8, 4) is 5.75 Å².